The predicted octanol–water partition coefficient (Wildman–Crippen LogP) is 1.87. The molecule has 4 nitrogen and oxygen atoms in total. The van der Waals surface area contributed by atoms with Crippen LogP contribution in [0.15, 0.2) is 12.2 Å². The molecule has 0 aromatic rings. The minimum Gasteiger partial charge on any atom is -0.300 e. The van der Waals surface area contributed by atoms with E-state index in [1.165, 1.54) is 27.7 Å². The third-order valence-electron chi connectivity index (χ3n) is 6.20. The van der Waals surface area contributed by atoms with Crippen LogP contribution in [0.4, 0.5) is 0 Å². The molecule has 8 atom stereocenters. The topological polar surface area (TPSA) is 68.3 Å². The monoisotopic (exact) mass is 302 g/mol. The molecule has 0 aromatic carbocycles. The van der Waals surface area contributed by atoms with Gasteiger partial charge in [-0.05, 0) is 51.4 Å². The molecule has 0 N–H and O–H groups in total. The molecule has 0 aromatic heterocycles. The smallest absolute Gasteiger partial charge is 0.134 e. The highest BCUT2D eigenvalue weighted by Crippen LogP contribution is 2.65. The van der Waals surface area contributed by atoms with Gasteiger partial charge < -0.3 is 0 Å². The van der Waals surface area contributed by atoms with Gasteiger partial charge in [0.25, 0.3) is 0 Å². The molecule has 0 aliphatic heterocycles. The van der Waals surface area contributed by atoms with E-state index in [9.17, 15) is 19.2 Å². The highest BCUT2D eigenvalue weighted by atomic mass is 16.1. The fourth-order valence-corrected chi connectivity index (χ4v) is 5.61. The highest BCUT2D eigenvalue weighted by Gasteiger charge is 2.67. The largest absolute Gasteiger partial charge is 0.300 e. The van der Waals surface area contributed by atoms with E-state index >= 15 is 0 Å². The second kappa shape index (κ2) is 4.97. The van der Waals surface area contributed by atoms with Crippen molar-refractivity contribution in [2.24, 2.45) is 47.3 Å². The molecule has 2 fully saturated rings. The van der Waals surface area contributed by atoms with Gasteiger partial charge in [0.05, 0.1) is 0 Å². The molecule has 4 heteroatoms. The van der Waals surface area contributed by atoms with Crippen LogP contribution < -0.4 is 0 Å². The summed E-state index contributed by atoms with van der Waals surface area (Å²) >= 11 is 0. The summed E-state index contributed by atoms with van der Waals surface area (Å²) in [7, 11) is 0. The Balaban J connectivity index is 2.06. The quantitative estimate of drug-likeness (QED) is 0.743. The summed E-state index contributed by atoms with van der Waals surface area (Å²) in [5.41, 5.74) is 0. The molecule has 0 radical (unpaired) electrons. The van der Waals surface area contributed by atoms with Gasteiger partial charge in [0.15, 0.2) is 0 Å². The fraction of sp³-hybridized carbons (Fsp3) is 0.667. The normalized spacial score (nSPS) is 44.9. The molecule has 22 heavy (non-hydrogen) atoms. The second-order valence-corrected chi connectivity index (χ2v) is 7.24. The predicted molar refractivity (Wildman–Crippen MR) is 79.8 cm³/mol. The third kappa shape index (κ3) is 1.82. The van der Waals surface area contributed by atoms with Crippen molar-refractivity contribution < 1.29 is 19.2 Å². The standard InChI is InChI=1S/C18H22O4/c1-7(19)13-11-5-6-12(14(13)8(2)20)18-16(10(4)22)15(9(3)21)17(11)18/h5-6,11-18H,1-4H3/t11-,12?,13?,14?,15?,16?,17?,18?/m1/s1. The van der Waals surface area contributed by atoms with Crippen LogP contribution in [0, 0.1) is 47.3 Å². The molecule has 4 aliphatic rings. The number of ketones is 4. The Bertz CT molecular complexity index is 550. The zero-order valence-electron chi connectivity index (χ0n) is 13.4. The minimum atomic E-state index is -0.330. The number of Topliss-reactive ketones (excluding diaryl/α,β-unsaturated/α-hetero) is 4. The van der Waals surface area contributed by atoms with Crippen molar-refractivity contribution in [3.05, 3.63) is 12.2 Å². The molecule has 118 valence electrons. The molecule has 4 aliphatic carbocycles. The lowest BCUT2D eigenvalue weighted by Crippen LogP contribution is -2.66. The van der Waals surface area contributed by atoms with Crippen molar-refractivity contribution in [2.45, 2.75) is 27.7 Å². The summed E-state index contributed by atoms with van der Waals surface area (Å²) < 4.78 is 0. The number of rotatable bonds is 4. The summed E-state index contributed by atoms with van der Waals surface area (Å²) in [5, 5.41) is 0. The summed E-state index contributed by atoms with van der Waals surface area (Å²) in [6, 6.07) is 0. The second-order valence-electron chi connectivity index (χ2n) is 7.24. The van der Waals surface area contributed by atoms with Gasteiger partial charge in [0.1, 0.15) is 23.1 Å². The number of fused-ring (bicyclic) bond motifs is 1. The zero-order chi connectivity index (χ0) is 16.3. The third-order valence-corrected chi connectivity index (χ3v) is 6.20. The first kappa shape index (κ1) is 15.3. The number of carbonyl (C=O) groups excluding carboxylic acids is 4. The molecule has 2 bridgehead atoms. The molecule has 0 amide bonds. The van der Waals surface area contributed by atoms with Crippen LogP contribution in [0.3, 0.4) is 0 Å². The van der Waals surface area contributed by atoms with Crippen molar-refractivity contribution in [2.75, 3.05) is 0 Å². The molecule has 2 saturated carbocycles. The molecule has 0 spiro atoms. The van der Waals surface area contributed by atoms with E-state index in [0.717, 1.165) is 0 Å². The van der Waals surface area contributed by atoms with Gasteiger partial charge in [-0.2, -0.15) is 0 Å². The lowest BCUT2D eigenvalue weighted by atomic mass is 9.38. The summed E-state index contributed by atoms with van der Waals surface area (Å²) in [4.78, 5) is 48.3. The summed E-state index contributed by atoms with van der Waals surface area (Å²) in [6.45, 7) is 6.14. The van der Waals surface area contributed by atoms with Gasteiger partial charge in [-0.15, -0.1) is 0 Å². The van der Waals surface area contributed by atoms with Gasteiger partial charge in [-0.25, -0.2) is 0 Å². The van der Waals surface area contributed by atoms with Crippen LogP contribution >= 0.6 is 0 Å². The number of hydrogen-bond donors (Lipinski definition) is 0. The van der Waals surface area contributed by atoms with Crippen LogP contribution in [0.2, 0.25) is 0 Å². The molecular formula is C18H22O4. The lowest BCUT2D eigenvalue weighted by molar-refractivity contribution is -0.180. The SMILES string of the molecule is CC(=O)C1C(C(C)=O)C2C1C1C=C[C@@H]2C(C(C)=O)C1C(C)=O. The molecule has 0 heterocycles. The fourth-order valence-electron chi connectivity index (χ4n) is 5.61. The summed E-state index contributed by atoms with van der Waals surface area (Å²) in [6.07, 6.45) is 4.03. The zero-order valence-corrected chi connectivity index (χ0v) is 13.4. The Morgan fingerprint density at radius 3 is 1.05 bits per heavy atom. The maximum absolute atomic E-state index is 12.1. The van der Waals surface area contributed by atoms with Gasteiger partial charge in [0, 0.05) is 23.7 Å². The van der Waals surface area contributed by atoms with Gasteiger partial charge in [-0.3, -0.25) is 19.2 Å². The van der Waals surface area contributed by atoms with Gasteiger partial charge >= 0.3 is 0 Å². The Hall–Kier alpha value is -1.58. The Kier molecular flexibility index (Phi) is 3.46. The van der Waals surface area contributed by atoms with Crippen LogP contribution in [0.1, 0.15) is 27.7 Å². The molecule has 7 unspecified atom stereocenters. The molecular weight excluding hydrogens is 280 g/mol. The summed E-state index contributed by atoms with van der Waals surface area (Å²) in [5.74, 6) is -1.18. The van der Waals surface area contributed by atoms with Crippen molar-refractivity contribution >= 4 is 23.1 Å². The maximum atomic E-state index is 12.1. The van der Waals surface area contributed by atoms with Crippen molar-refractivity contribution in [3.63, 3.8) is 0 Å². The van der Waals surface area contributed by atoms with E-state index in [0.29, 0.717) is 0 Å². The van der Waals surface area contributed by atoms with Crippen LogP contribution in [-0.4, -0.2) is 23.1 Å². The minimum absolute atomic E-state index is 0.0200. The average Bonchev–Trinajstić information content (AvgIpc) is 2.36. The van der Waals surface area contributed by atoms with Crippen LogP contribution in [-0.2, 0) is 19.2 Å². The van der Waals surface area contributed by atoms with Crippen molar-refractivity contribution in [1.82, 2.24) is 0 Å². The van der Waals surface area contributed by atoms with Gasteiger partial charge in [-0.1, -0.05) is 12.2 Å². The van der Waals surface area contributed by atoms with Crippen LogP contribution in [0.25, 0.3) is 0 Å². The first-order valence-electron chi connectivity index (χ1n) is 7.97. The van der Waals surface area contributed by atoms with E-state index in [1.807, 2.05) is 12.2 Å². The van der Waals surface area contributed by atoms with E-state index in [2.05, 4.69) is 0 Å². The van der Waals surface area contributed by atoms with E-state index < -0.39 is 0 Å². The average molecular weight is 302 g/mol. The van der Waals surface area contributed by atoms with Crippen molar-refractivity contribution in [1.29, 1.82) is 0 Å². The Morgan fingerprint density at radius 2 is 0.818 bits per heavy atom. The number of allylic oxidation sites excluding steroid dienone is 2. The van der Waals surface area contributed by atoms with E-state index in [1.54, 1.807) is 0 Å². The maximum Gasteiger partial charge on any atom is 0.134 e. The van der Waals surface area contributed by atoms with Gasteiger partial charge in [0.2, 0.25) is 0 Å². The number of carbonyl (C=O) groups is 4. The number of hydrogen-bond acceptors (Lipinski definition) is 4. The first-order valence-corrected chi connectivity index (χ1v) is 7.97. The molecule has 4 rings (SSSR count). The van der Waals surface area contributed by atoms with E-state index in [4.69, 9.17) is 0 Å². The first-order chi connectivity index (χ1) is 10.3. The van der Waals surface area contributed by atoms with Crippen molar-refractivity contribution in [3.8, 4) is 0 Å². The Morgan fingerprint density at radius 1 is 0.545 bits per heavy atom. The van der Waals surface area contributed by atoms with E-state index in [-0.39, 0.29) is 70.5 Å². The molecule has 0 saturated heterocycles. The Labute approximate surface area is 130 Å². The highest BCUT2D eigenvalue weighted by molar-refractivity contribution is 5.93. The van der Waals surface area contributed by atoms with Crippen LogP contribution in [0.5, 0.6) is 0 Å². The lowest BCUT2D eigenvalue weighted by Gasteiger charge is -2.64.